The molecule has 5 rings (SSSR count). The fourth-order valence-corrected chi connectivity index (χ4v) is 7.64. The second-order valence-corrected chi connectivity index (χ2v) is 14.6. The Balaban J connectivity index is 1.60. The van der Waals surface area contributed by atoms with E-state index in [1.165, 1.54) is 0 Å². The van der Waals surface area contributed by atoms with Crippen molar-refractivity contribution in [3.05, 3.63) is 84.6 Å². The van der Waals surface area contributed by atoms with Crippen LogP contribution in [0.3, 0.4) is 0 Å². The summed E-state index contributed by atoms with van der Waals surface area (Å²) in [5, 5.41) is 3.02. The third kappa shape index (κ3) is 4.63. The van der Waals surface area contributed by atoms with E-state index in [4.69, 9.17) is 4.42 Å². The molecule has 0 aliphatic heterocycles. The van der Waals surface area contributed by atoms with Crippen LogP contribution in [-0.4, -0.2) is 19.2 Å². The van der Waals surface area contributed by atoms with Crippen molar-refractivity contribution in [2.75, 3.05) is 0 Å². The molecular weight excluding hydrogens is 463 g/mol. The first kappa shape index (κ1) is 23.4. The average molecular weight is 490 g/mol. The van der Waals surface area contributed by atoms with E-state index >= 15 is 0 Å². The lowest BCUT2D eigenvalue weighted by atomic mass is 10.0. The summed E-state index contributed by atoms with van der Waals surface area (Å²) in [6, 6.07) is 24.5. The van der Waals surface area contributed by atoms with Gasteiger partial charge in [0, 0.05) is 29.0 Å². The van der Waals surface area contributed by atoms with Crippen molar-refractivity contribution in [1.82, 2.24) is 4.98 Å². The topological polar surface area (TPSA) is 26.0 Å². The van der Waals surface area contributed by atoms with Crippen LogP contribution in [0.1, 0.15) is 12.0 Å². The van der Waals surface area contributed by atoms with E-state index in [2.05, 4.69) is 35.3 Å². The number of benzene rings is 3. The third-order valence-corrected chi connectivity index (χ3v) is 10.2. The monoisotopic (exact) mass is 489 g/mol. The van der Waals surface area contributed by atoms with Crippen LogP contribution >= 0.6 is 0 Å². The molecule has 0 saturated heterocycles. The average Bonchev–Trinajstić information content (AvgIpc) is 3.21. The van der Waals surface area contributed by atoms with Gasteiger partial charge in [0.15, 0.2) is 0 Å². The van der Waals surface area contributed by atoms with Crippen LogP contribution in [0.4, 0.5) is 13.2 Å². The maximum absolute atomic E-state index is 13.0. The number of fused-ring (bicyclic) bond motifs is 3. The van der Waals surface area contributed by atoms with Crippen LogP contribution < -0.4 is 5.19 Å². The van der Waals surface area contributed by atoms with E-state index in [1.807, 2.05) is 62.5 Å². The zero-order valence-electron chi connectivity index (χ0n) is 19.9. The summed E-state index contributed by atoms with van der Waals surface area (Å²) in [6.45, 7) is 5.93. The van der Waals surface area contributed by atoms with Crippen molar-refractivity contribution in [2.24, 2.45) is 0 Å². The van der Waals surface area contributed by atoms with Crippen LogP contribution in [0, 0.1) is 6.92 Å². The predicted molar refractivity (Wildman–Crippen MR) is 140 cm³/mol. The highest BCUT2D eigenvalue weighted by Crippen LogP contribution is 2.37. The second-order valence-electron chi connectivity index (χ2n) is 9.74. The Morgan fingerprint density at radius 1 is 0.857 bits per heavy atom. The Hall–Kier alpha value is -3.38. The van der Waals surface area contributed by atoms with Crippen LogP contribution in [0.25, 0.3) is 44.3 Å². The van der Waals surface area contributed by atoms with Crippen LogP contribution in [0.2, 0.25) is 19.1 Å². The van der Waals surface area contributed by atoms with Gasteiger partial charge in [0.25, 0.3) is 0 Å². The van der Waals surface area contributed by atoms with Gasteiger partial charge in [-0.2, -0.15) is 13.2 Å². The minimum atomic E-state index is -4.15. The quantitative estimate of drug-likeness (QED) is 0.231. The lowest BCUT2D eigenvalue weighted by Crippen LogP contribution is -2.43. The summed E-state index contributed by atoms with van der Waals surface area (Å²) in [7, 11) is -2.33. The Labute approximate surface area is 203 Å². The first-order valence-electron chi connectivity index (χ1n) is 11.7. The zero-order valence-corrected chi connectivity index (χ0v) is 20.9. The molecule has 0 aliphatic carbocycles. The highest BCUT2D eigenvalue weighted by molar-refractivity contribution is 6.90. The molecular formula is C29H26F3NOSi. The maximum atomic E-state index is 13.0. The van der Waals surface area contributed by atoms with Gasteiger partial charge in [0.05, 0.1) is 13.8 Å². The summed E-state index contributed by atoms with van der Waals surface area (Å²) in [4.78, 5) is 4.66. The van der Waals surface area contributed by atoms with Gasteiger partial charge < -0.3 is 4.42 Å². The number of aryl methyl sites for hydroxylation is 1. The highest BCUT2D eigenvalue weighted by Gasteiger charge is 2.34. The van der Waals surface area contributed by atoms with Crippen molar-refractivity contribution >= 4 is 35.2 Å². The zero-order chi connectivity index (χ0) is 24.8. The number of hydrogen-bond acceptors (Lipinski definition) is 2. The smallest absolute Gasteiger partial charge is 0.388 e. The van der Waals surface area contributed by atoms with Crippen molar-refractivity contribution in [2.45, 2.75) is 38.7 Å². The molecule has 0 bridgehead atoms. The SMILES string of the molecule is Cc1cnc(-c2cccc3c2oc2cc(-c4ccccc4)ccc23)cc1[Si](C)(C)CCC(F)(F)F. The number of nitrogens with zero attached hydrogens (tertiary/aromatic N) is 1. The van der Waals surface area contributed by atoms with Gasteiger partial charge in [-0.3, -0.25) is 4.98 Å². The van der Waals surface area contributed by atoms with E-state index in [-0.39, 0.29) is 6.04 Å². The number of halogens is 3. The van der Waals surface area contributed by atoms with Gasteiger partial charge in [-0.1, -0.05) is 66.8 Å². The molecule has 0 N–H and O–H groups in total. The van der Waals surface area contributed by atoms with Crippen LogP contribution in [-0.2, 0) is 0 Å². The summed E-state index contributed by atoms with van der Waals surface area (Å²) in [6.07, 6.45) is -3.12. The van der Waals surface area contributed by atoms with Crippen molar-refractivity contribution in [3.63, 3.8) is 0 Å². The fraction of sp³-hybridized carbons (Fsp3) is 0.207. The van der Waals surface area contributed by atoms with Crippen molar-refractivity contribution in [1.29, 1.82) is 0 Å². The molecule has 35 heavy (non-hydrogen) atoms. The minimum absolute atomic E-state index is 0.151. The number of furan rings is 1. The van der Waals surface area contributed by atoms with E-state index in [0.29, 0.717) is 0 Å². The molecule has 2 nitrogen and oxygen atoms in total. The van der Waals surface area contributed by atoms with Gasteiger partial charge in [0.2, 0.25) is 0 Å². The third-order valence-electron chi connectivity index (χ3n) is 6.75. The molecule has 2 heterocycles. The molecule has 0 radical (unpaired) electrons. The summed E-state index contributed by atoms with van der Waals surface area (Å²) in [5.74, 6) is 0. The molecule has 3 aromatic carbocycles. The Morgan fingerprint density at radius 3 is 2.37 bits per heavy atom. The van der Waals surface area contributed by atoms with Gasteiger partial charge in [-0.25, -0.2) is 0 Å². The first-order chi connectivity index (χ1) is 16.6. The largest absolute Gasteiger partial charge is 0.455 e. The molecule has 6 heteroatoms. The van der Waals surface area contributed by atoms with Crippen molar-refractivity contribution < 1.29 is 17.6 Å². The summed E-state index contributed by atoms with van der Waals surface area (Å²) >= 11 is 0. The standard InChI is InChI=1S/C29H26F3NOSi/c1-19-18-33-25(17-27(19)35(2,3)15-14-29(30,31)32)24-11-7-10-23-22-13-12-21(16-26(22)34-28(23)24)20-8-5-4-6-9-20/h4-13,16-18H,14-15H2,1-3H3. The Morgan fingerprint density at radius 2 is 1.63 bits per heavy atom. The summed E-state index contributed by atoms with van der Waals surface area (Å²) < 4.78 is 45.2. The number of aromatic nitrogens is 1. The summed E-state index contributed by atoms with van der Waals surface area (Å²) in [5.41, 5.74) is 6.24. The number of pyridine rings is 1. The van der Waals surface area contributed by atoms with Gasteiger partial charge in [-0.15, -0.1) is 0 Å². The molecule has 0 unspecified atom stereocenters. The highest BCUT2D eigenvalue weighted by atomic mass is 28.3. The fourth-order valence-electron chi connectivity index (χ4n) is 4.80. The first-order valence-corrected chi connectivity index (χ1v) is 14.9. The Kier molecular flexibility index (Phi) is 5.80. The van der Waals surface area contributed by atoms with Crippen molar-refractivity contribution in [3.8, 4) is 22.4 Å². The molecule has 0 aliphatic rings. The molecule has 0 spiro atoms. The van der Waals surface area contributed by atoms with Gasteiger partial charge in [0.1, 0.15) is 11.2 Å². The van der Waals surface area contributed by atoms with Gasteiger partial charge >= 0.3 is 6.18 Å². The number of para-hydroxylation sites is 1. The van der Waals surface area contributed by atoms with E-state index in [9.17, 15) is 13.2 Å². The number of rotatable bonds is 5. The molecule has 5 aromatic rings. The molecule has 178 valence electrons. The number of hydrogen-bond donors (Lipinski definition) is 0. The molecule has 0 atom stereocenters. The van der Waals surface area contributed by atoms with Gasteiger partial charge in [-0.05, 0) is 53.9 Å². The van der Waals surface area contributed by atoms with Crippen LogP contribution in [0.5, 0.6) is 0 Å². The second kappa shape index (κ2) is 8.68. The predicted octanol–water partition coefficient (Wildman–Crippen LogP) is 8.49. The minimum Gasteiger partial charge on any atom is -0.455 e. The molecule has 0 saturated carbocycles. The molecule has 2 aromatic heterocycles. The van der Waals surface area contributed by atoms with E-state index in [1.54, 1.807) is 6.20 Å². The normalized spacial score (nSPS) is 12.5. The lowest BCUT2D eigenvalue weighted by molar-refractivity contribution is -0.130. The van der Waals surface area contributed by atoms with E-state index in [0.717, 1.165) is 55.1 Å². The maximum Gasteiger partial charge on any atom is 0.388 e. The molecule has 0 fully saturated rings. The van der Waals surface area contributed by atoms with E-state index < -0.39 is 20.7 Å². The number of alkyl halides is 3. The van der Waals surface area contributed by atoms with Crippen LogP contribution in [0.15, 0.2) is 83.4 Å². The lowest BCUT2D eigenvalue weighted by Gasteiger charge is -2.26. The molecule has 0 amide bonds. The Bertz CT molecular complexity index is 1520.